The van der Waals surface area contributed by atoms with Gasteiger partial charge < -0.3 is 10.1 Å². The summed E-state index contributed by atoms with van der Waals surface area (Å²) in [5.74, 6) is 1.66. The van der Waals surface area contributed by atoms with Crippen LogP contribution in [-0.2, 0) is 4.74 Å². The molecule has 1 unspecified atom stereocenters. The third-order valence-corrected chi connectivity index (χ3v) is 4.85. The molecule has 1 saturated heterocycles. The average Bonchev–Trinajstić information content (AvgIpc) is 2.40. The molecule has 0 aromatic rings. The molecule has 2 nitrogen and oxygen atoms in total. The van der Waals surface area contributed by atoms with Crippen LogP contribution in [-0.4, -0.2) is 26.3 Å². The summed E-state index contributed by atoms with van der Waals surface area (Å²) in [7, 11) is 0. The number of hydrogen-bond donors (Lipinski definition) is 1. The van der Waals surface area contributed by atoms with Gasteiger partial charge in [0.1, 0.15) is 0 Å². The van der Waals surface area contributed by atoms with Crippen LogP contribution in [0.15, 0.2) is 0 Å². The van der Waals surface area contributed by atoms with Crippen molar-refractivity contribution in [2.45, 2.75) is 58.8 Å². The fourth-order valence-electron chi connectivity index (χ4n) is 3.80. The maximum atomic E-state index is 5.86. The first-order valence-electron chi connectivity index (χ1n) is 8.01. The molecule has 1 saturated carbocycles. The van der Waals surface area contributed by atoms with Crippen molar-refractivity contribution in [3.63, 3.8) is 0 Å². The van der Waals surface area contributed by atoms with Crippen LogP contribution >= 0.6 is 0 Å². The molecule has 0 aromatic carbocycles. The standard InChI is InChI=1S/C16H31NO/c1-14(2)11-17-12-16(9-6-10-18-13-16)15-7-4-3-5-8-15/h14-15,17H,3-13H2,1-2H3. The third kappa shape index (κ3) is 3.71. The summed E-state index contributed by atoms with van der Waals surface area (Å²) in [5, 5.41) is 3.71. The molecule has 106 valence electrons. The van der Waals surface area contributed by atoms with Crippen molar-refractivity contribution < 1.29 is 4.74 Å². The lowest BCUT2D eigenvalue weighted by atomic mass is 9.66. The molecule has 2 heteroatoms. The van der Waals surface area contributed by atoms with E-state index in [0.29, 0.717) is 5.41 Å². The van der Waals surface area contributed by atoms with Crippen LogP contribution in [0.5, 0.6) is 0 Å². The predicted molar refractivity (Wildman–Crippen MR) is 76.8 cm³/mol. The molecular formula is C16H31NO. The maximum absolute atomic E-state index is 5.86. The highest BCUT2D eigenvalue weighted by Gasteiger charge is 2.40. The zero-order chi connectivity index (χ0) is 12.8. The van der Waals surface area contributed by atoms with E-state index in [1.807, 2.05) is 0 Å². The number of nitrogens with one attached hydrogen (secondary N) is 1. The Kier molecular flexibility index (Phi) is 5.50. The van der Waals surface area contributed by atoms with E-state index in [2.05, 4.69) is 19.2 Å². The first-order valence-corrected chi connectivity index (χ1v) is 8.01. The highest BCUT2D eigenvalue weighted by atomic mass is 16.5. The number of ether oxygens (including phenoxy) is 1. The summed E-state index contributed by atoms with van der Waals surface area (Å²) < 4.78 is 5.86. The van der Waals surface area contributed by atoms with Gasteiger partial charge in [-0.15, -0.1) is 0 Å². The molecule has 1 aliphatic carbocycles. The zero-order valence-corrected chi connectivity index (χ0v) is 12.3. The van der Waals surface area contributed by atoms with E-state index in [0.717, 1.165) is 31.6 Å². The lowest BCUT2D eigenvalue weighted by Gasteiger charge is -2.45. The molecule has 1 heterocycles. The quantitative estimate of drug-likeness (QED) is 0.808. The summed E-state index contributed by atoms with van der Waals surface area (Å²) in [6.07, 6.45) is 9.85. The van der Waals surface area contributed by atoms with Gasteiger partial charge in [0.05, 0.1) is 6.61 Å². The summed E-state index contributed by atoms with van der Waals surface area (Å²) >= 11 is 0. The van der Waals surface area contributed by atoms with Gasteiger partial charge in [-0.05, 0) is 44.1 Å². The van der Waals surface area contributed by atoms with Gasteiger partial charge in [-0.3, -0.25) is 0 Å². The summed E-state index contributed by atoms with van der Waals surface area (Å²) in [6.45, 7) is 8.89. The van der Waals surface area contributed by atoms with Crippen molar-refractivity contribution in [1.29, 1.82) is 0 Å². The SMILES string of the molecule is CC(C)CNCC1(C2CCCCC2)CCCOC1. The smallest absolute Gasteiger partial charge is 0.0537 e. The molecule has 0 radical (unpaired) electrons. The molecule has 2 rings (SSSR count). The van der Waals surface area contributed by atoms with Crippen molar-refractivity contribution >= 4 is 0 Å². The van der Waals surface area contributed by atoms with E-state index in [1.165, 1.54) is 51.5 Å². The lowest BCUT2D eigenvalue weighted by molar-refractivity contribution is -0.0511. The minimum absolute atomic E-state index is 0.452. The molecule has 2 fully saturated rings. The van der Waals surface area contributed by atoms with Crippen LogP contribution < -0.4 is 5.32 Å². The van der Waals surface area contributed by atoms with Crippen molar-refractivity contribution in [3.8, 4) is 0 Å². The van der Waals surface area contributed by atoms with Gasteiger partial charge in [0.25, 0.3) is 0 Å². The summed E-state index contributed by atoms with van der Waals surface area (Å²) in [5.41, 5.74) is 0.452. The van der Waals surface area contributed by atoms with E-state index in [-0.39, 0.29) is 0 Å². The van der Waals surface area contributed by atoms with Crippen LogP contribution in [0, 0.1) is 17.3 Å². The topological polar surface area (TPSA) is 21.3 Å². The van der Waals surface area contributed by atoms with E-state index in [1.54, 1.807) is 0 Å². The fraction of sp³-hybridized carbons (Fsp3) is 1.00. The molecule has 1 N–H and O–H groups in total. The molecule has 1 atom stereocenters. The van der Waals surface area contributed by atoms with Gasteiger partial charge in [-0.2, -0.15) is 0 Å². The van der Waals surface area contributed by atoms with E-state index in [4.69, 9.17) is 4.74 Å². The van der Waals surface area contributed by atoms with Gasteiger partial charge in [0.15, 0.2) is 0 Å². The zero-order valence-electron chi connectivity index (χ0n) is 12.3. The summed E-state index contributed by atoms with van der Waals surface area (Å²) in [6, 6.07) is 0. The van der Waals surface area contributed by atoms with Gasteiger partial charge in [0, 0.05) is 18.6 Å². The fourth-order valence-corrected chi connectivity index (χ4v) is 3.80. The first-order chi connectivity index (χ1) is 8.73. The Morgan fingerprint density at radius 2 is 1.94 bits per heavy atom. The Morgan fingerprint density at radius 1 is 1.17 bits per heavy atom. The van der Waals surface area contributed by atoms with Crippen molar-refractivity contribution in [2.24, 2.45) is 17.3 Å². The Morgan fingerprint density at radius 3 is 2.56 bits per heavy atom. The highest BCUT2D eigenvalue weighted by Crippen LogP contribution is 2.43. The van der Waals surface area contributed by atoms with Gasteiger partial charge in [-0.1, -0.05) is 33.1 Å². The minimum atomic E-state index is 0.452. The third-order valence-electron chi connectivity index (χ3n) is 4.85. The van der Waals surface area contributed by atoms with Crippen LogP contribution in [0.1, 0.15) is 58.8 Å². The second-order valence-electron chi connectivity index (χ2n) is 6.88. The molecule has 0 amide bonds. The Bertz CT molecular complexity index is 227. The number of rotatable bonds is 5. The Hall–Kier alpha value is -0.0800. The normalized spacial score (nSPS) is 30.8. The molecular weight excluding hydrogens is 222 g/mol. The van der Waals surface area contributed by atoms with Crippen molar-refractivity contribution in [1.82, 2.24) is 5.32 Å². The molecule has 1 aliphatic heterocycles. The Labute approximate surface area is 113 Å². The van der Waals surface area contributed by atoms with E-state index in [9.17, 15) is 0 Å². The number of hydrogen-bond acceptors (Lipinski definition) is 2. The summed E-state index contributed by atoms with van der Waals surface area (Å²) in [4.78, 5) is 0. The van der Waals surface area contributed by atoms with Crippen LogP contribution in [0.3, 0.4) is 0 Å². The molecule has 0 aromatic heterocycles. The molecule has 18 heavy (non-hydrogen) atoms. The highest BCUT2D eigenvalue weighted by molar-refractivity contribution is 4.91. The van der Waals surface area contributed by atoms with Crippen molar-refractivity contribution in [2.75, 3.05) is 26.3 Å². The van der Waals surface area contributed by atoms with Gasteiger partial charge >= 0.3 is 0 Å². The largest absolute Gasteiger partial charge is 0.381 e. The van der Waals surface area contributed by atoms with Crippen LogP contribution in [0.4, 0.5) is 0 Å². The predicted octanol–water partition coefficient (Wildman–Crippen LogP) is 3.61. The second kappa shape index (κ2) is 6.91. The average molecular weight is 253 g/mol. The first kappa shape index (κ1) is 14.3. The monoisotopic (exact) mass is 253 g/mol. The molecule has 2 aliphatic rings. The van der Waals surface area contributed by atoms with Crippen LogP contribution in [0.25, 0.3) is 0 Å². The lowest BCUT2D eigenvalue weighted by Crippen LogP contribution is -2.47. The van der Waals surface area contributed by atoms with Crippen molar-refractivity contribution in [3.05, 3.63) is 0 Å². The molecule has 0 bridgehead atoms. The van der Waals surface area contributed by atoms with E-state index < -0.39 is 0 Å². The minimum Gasteiger partial charge on any atom is -0.381 e. The Balaban J connectivity index is 1.92. The maximum Gasteiger partial charge on any atom is 0.0537 e. The van der Waals surface area contributed by atoms with Gasteiger partial charge in [-0.25, -0.2) is 0 Å². The second-order valence-corrected chi connectivity index (χ2v) is 6.88. The van der Waals surface area contributed by atoms with Gasteiger partial charge in [0.2, 0.25) is 0 Å². The van der Waals surface area contributed by atoms with Crippen LogP contribution in [0.2, 0.25) is 0 Å². The van der Waals surface area contributed by atoms with E-state index >= 15 is 0 Å². The molecule has 0 spiro atoms.